The first-order valence-corrected chi connectivity index (χ1v) is 4.84. The van der Waals surface area contributed by atoms with Crippen LogP contribution >= 0.6 is 23.2 Å². The van der Waals surface area contributed by atoms with E-state index in [1.165, 1.54) is 6.07 Å². The Kier molecular flexibility index (Phi) is 4.25. The molecule has 1 aromatic rings. The summed E-state index contributed by atoms with van der Waals surface area (Å²) in [5, 5.41) is 11.7. The van der Waals surface area contributed by atoms with E-state index in [1.54, 1.807) is 0 Å². The molecule has 0 spiro atoms. The summed E-state index contributed by atoms with van der Waals surface area (Å²) in [7, 11) is 0. The lowest BCUT2D eigenvalue weighted by atomic mass is 10.4. The maximum Gasteiger partial charge on any atom is 0.267 e. The first kappa shape index (κ1) is 11.4. The molecule has 0 aliphatic heterocycles. The Morgan fingerprint density at radius 3 is 2.79 bits per heavy atom. The van der Waals surface area contributed by atoms with E-state index in [2.05, 4.69) is 10.3 Å². The monoisotopic (exact) mass is 236 g/mol. The van der Waals surface area contributed by atoms with E-state index in [0.717, 1.165) is 0 Å². The van der Waals surface area contributed by atoms with Crippen molar-refractivity contribution in [1.82, 2.24) is 10.3 Å². The van der Waals surface area contributed by atoms with Crippen LogP contribution in [0.15, 0.2) is 6.07 Å². The van der Waals surface area contributed by atoms with Crippen LogP contribution in [0, 0.1) is 0 Å². The SMILES string of the molecule is O=C(NCCCO)c1cc(Cl)c(Cl)[nH]1. The molecule has 0 aliphatic rings. The lowest BCUT2D eigenvalue weighted by molar-refractivity contribution is 0.0947. The third-order valence-electron chi connectivity index (χ3n) is 1.59. The van der Waals surface area contributed by atoms with Crippen LogP contribution in [0.5, 0.6) is 0 Å². The number of aromatic nitrogens is 1. The zero-order valence-corrected chi connectivity index (χ0v) is 8.82. The topological polar surface area (TPSA) is 65.1 Å². The second kappa shape index (κ2) is 5.24. The van der Waals surface area contributed by atoms with Gasteiger partial charge < -0.3 is 15.4 Å². The second-order valence-corrected chi connectivity index (χ2v) is 3.46. The van der Waals surface area contributed by atoms with Crippen molar-refractivity contribution in [3.05, 3.63) is 21.9 Å². The van der Waals surface area contributed by atoms with Gasteiger partial charge >= 0.3 is 0 Å². The number of nitrogens with one attached hydrogen (secondary N) is 2. The predicted octanol–water partition coefficient (Wildman–Crippen LogP) is 1.43. The smallest absolute Gasteiger partial charge is 0.267 e. The number of hydrogen-bond acceptors (Lipinski definition) is 2. The molecule has 1 rings (SSSR count). The summed E-state index contributed by atoms with van der Waals surface area (Å²) in [6.45, 7) is 0.468. The van der Waals surface area contributed by atoms with Crippen LogP contribution in [0.2, 0.25) is 10.2 Å². The van der Waals surface area contributed by atoms with Crippen molar-refractivity contribution < 1.29 is 9.90 Å². The zero-order valence-electron chi connectivity index (χ0n) is 7.31. The number of halogens is 2. The van der Waals surface area contributed by atoms with Crippen molar-refractivity contribution in [2.24, 2.45) is 0 Å². The number of aliphatic hydroxyl groups is 1. The Balaban J connectivity index is 2.52. The Labute approximate surface area is 91.2 Å². The van der Waals surface area contributed by atoms with Gasteiger partial charge in [-0.15, -0.1) is 0 Å². The average Bonchev–Trinajstić information content (AvgIpc) is 2.47. The molecule has 0 radical (unpaired) electrons. The maximum atomic E-state index is 11.3. The van der Waals surface area contributed by atoms with Crippen molar-refractivity contribution in [3.8, 4) is 0 Å². The minimum Gasteiger partial charge on any atom is -0.396 e. The molecule has 3 N–H and O–H groups in total. The molecule has 14 heavy (non-hydrogen) atoms. The van der Waals surface area contributed by atoms with Crippen LogP contribution in [0.3, 0.4) is 0 Å². The highest BCUT2D eigenvalue weighted by Gasteiger charge is 2.10. The molecule has 0 fully saturated rings. The van der Waals surface area contributed by atoms with Crippen molar-refractivity contribution >= 4 is 29.1 Å². The Bertz CT molecular complexity index is 306. The number of hydrogen-bond donors (Lipinski definition) is 3. The van der Waals surface area contributed by atoms with Crippen LogP contribution in [0.25, 0.3) is 0 Å². The third kappa shape index (κ3) is 2.90. The van der Waals surface area contributed by atoms with E-state index in [-0.39, 0.29) is 17.7 Å². The van der Waals surface area contributed by atoms with E-state index in [1.807, 2.05) is 0 Å². The molecule has 0 aliphatic carbocycles. The summed E-state index contributed by atoms with van der Waals surface area (Å²) < 4.78 is 0. The molecule has 0 saturated carbocycles. The summed E-state index contributed by atoms with van der Waals surface area (Å²) in [5.41, 5.74) is 0.318. The Morgan fingerprint density at radius 2 is 2.29 bits per heavy atom. The minimum atomic E-state index is -0.285. The first-order chi connectivity index (χ1) is 6.65. The summed E-state index contributed by atoms with van der Waals surface area (Å²) in [6.07, 6.45) is 0.522. The van der Waals surface area contributed by atoms with Gasteiger partial charge in [-0.25, -0.2) is 0 Å². The first-order valence-electron chi connectivity index (χ1n) is 4.08. The number of rotatable bonds is 4. The molecule has 6 heteroatoms. The Morgan fingerprint density at radius 1 is 1.57 bits per heavy atom. The number of carbonyl (C=O) groups excluding carboxylic acids is 1. The van der Waals surface area contributed by atoms with E-state index >= 15 is 0 Å². The standard InChI is InChI=1S/C8H10Cl2N2O2/c9-5-4-6(12-7(5)10)8(14)11-2-1-3-13/h4,12-13H,1-3H2,(H,11,14). The molecule has 4 nitrogen and oxygen atoms in total. The van der Waals surface area contributed by atoms with Crippen LogP contribution < -0.4 is 5.32 Å². The Hall–Kier alpha value is -0.710. The summed E-state index contributed by atoms with van der Waals surface area (Å²) >= 11 is 11.3. The summed E-state index contributed by atoms with van der Waals surface area (Å²) in [6, 6.07) is 1.46. The average molecular weight is 237 g/mol. The van der Waals surface area contributed by atoms with Gasteiger partial charge in [0.15, 0.2) is 0 Å². The lowest BCUT2D eigenvalue weighted by Crippen LogP contribution is -2.25. The van der Waals surface area contributed by atoms with Gasteiger partial charge in [-0.1, -0.05) is 23.2 Å². The summed E-state index contributed by atoms with van der Waals surface area (Å²) in [4.78, 5) is 14.0. The highest BCUT2D eigenvalue weighted by atomic mass is 35.5. The van der Waals surface area contributed by atoms with E-state index < -0.39 is 0 Å². The zero-order chi connectivity index (χ0) is 10.6. The van der Waals surface area contributed by atoms with Crippen molar-refractivity contribution in [2.75, 3.05) is 13.2 Å². The second-order valence-electron chi connectivity index (χ2n) is 2.68. The highest BCUT2D eigenvalue weighted by Crippen LogP contribution is 2.21. The van der Waals surface area contributed by atoms with Gasteiger partial charge in [0, 0.05) is 13.2 Å². The molecule has 1 heterocycles. The summed E-state index contributed by atoms with van der Waals surface area (Å²) in [5.74, 6) is -0.285. The normalized spacial score (nSPS) is 10.2. The third-order valence-corrected chi connectivity index (χ3v) is 2.28. The quantitative estimate of drug-likeness (QED) is 0.693. The largest absolute Gasteiger partial charge is 0.396 e. The molecule has 0 saturated heterocycles. The lowest BCUT2D eigenvalue weighted by Gasteiger charge is -2.00. The molecule has 0 unspecified atom stereocenters. The van der Waals surface area contributed by atoms with E-state index in [4.69, 9.17) is 28.3 Å². The van der Waals surface area contributed by atoms with Gasteiger partial charge in [-0.2, -0.15) is 0 Å². The van der Waals surface area contributed by atoms with Crippen molar-refractivity contribution in [3.63, 3.8) is 0 Å². The fourth-order valence-corrected chi connectivity index (χ4v) is 1.22. The molecule has 1 aromatic heterocycles. The number of amides is 1. The molecule has 0 atom stereocenters. The van der Waals surface area contributed by atoms with E-state index in [9.17, 15) is 4.79 Å². The number of carbonyl (C=O) groups is 1. The van der Waals surface area contributed by atoms with Crippen molar-refractivity contribution in [2.45, 2.75) is 6.42 Å². The van der Waals surface area contributed by atoms with Crippen LogP contribution in [0.1, 0.15) is 16.9 Å². The molecular formula is C8H10Cl2N2O2. The molecule has 78 valence electrons. The van der Waals surface area contributed by atoms with Crippen LogP contribution in [-0.2, 0) is 0 Å². The predicted molar refractivity (Wildman–Crippen MR) is 54.8 cm³/mol. The molecule has 0 bridgehead atoms. The number of aromatic amines is 1. The number of H-pyrrole nitrogens is 1. The molecule has 0 aromatic carbocycles. The minimum absolute atomic E-state index is 0.0481. The molecule has 1 amide bonds. The van der Waals surface area contributed by atoms with Gasteiger partial charge in [0.1, 0.15) is 10.8 Å². The molecular weight excluding hydrogens is 227 g/mol. The fraction of sp³-hybridized carbons (Fsp3) is 0.375. The van der Waals surface area contributed by atoms with Crippen molar-refractivity contribution in [1.29, 1.82) is 0 Å². The van der Waals surface area contributed by atoms with E-state index in [0.29, 0.717) is 23.7 Å². The van der Waals surface area contributed by atoms with Gasteiger partial charge in [0.2, 0.25) is 0 Å². The van der Waals surface area contributed by atoms with Crippen LogP contribution in [-0.4, -0.2) is 29.1 Å². The maximum absolute atomic E-state index is 11.3. The highest BCUT2D eigenvalue weighted by molar-refractivity contribution is 6.41. The van der Waals surface area contributed by atoms with Gasteiger partial charge in [0.25, 0.3) is 5.91 Å². The number of aliphatic hydroxyl groups excluding tert-OH is 1. The van der Waals surface area contributed by atoms with Gasteiger partial charge in [0.05, 0.1) is 5.02 Å². The fourth-order valence-electron chi connectivity index (χ4n) is 0.903. The van der Waals surface area contributed by atoms with Crippen LogP contribution in [0.4, 0.5) is 0 Å². The van der Waals surface area contributed by atoms with Gasteiger partial charge in [-0.05, 0) is 12.5 Å². The van der Waals surface area contributed by atoms with Gasteiger partial charge in [-0.3, -0.25) is 4.79 Å².